The molecular weight excluding hydrogens is 344 g/mol. The van der Waals surface area contributed by atoms with E-state index in [1.165, 1.54) is 0 Å². The SMILES string of the molecule is COCCNC(=S)NCc1cn(-c2ccccc2)nc1-c1ccccc1. The molecule has 0 radical (unpaired) electrons. The van der Waals surface area contributed by atoms with Gasteiger partial charge in [-0.1, -0.05) is 48.5 Å². The number of nitrogens with zero attached hydrogens (tertiary/aromatic N) is 2. The van der Waals surface area contributed by atoms with E-state index in [4.69, 9.17) is 22.1 Å². The zero-order valence-corrected chi connectivity index (χ0v) is 15.5. The molecule has 0 bridgehead atoms. The zero-order chi connectivity index (χ0) is 18.2. The molecule has 3 aromatic rings. The first kappa shape index (κ1) is 18.1. The van der Waals surface area contributed by atoms with Gasteiger partial charge in [-0.15, -0.1) is 0 Å². The van der Waals surface area contributed by atoms with Gasteiger partial charge < -0.3 is 15.4 Å². The fraction of sp³-hybridized carbons (Fsp3) is 0.200. The molecule has 1 aromatic heterocycles. The normalized spacial score (nSPS) is 10.5. The van der Waals surface area contributed by atoms with Gasteiger partial charge in [-0.2, -0.15) is 5.10 Å². The highest BCUT2D eigenvalue weighted by molar-refractivity contribution is 7.80. The number of rotatable bonds is 7. The largest absolute Gasteiger partial charge is 0.383 e. The molecule has 26 heavy (non-hydrogen) atoms. The second-order valence-corrected chi connectivity index (χ2v) is 6.16. The Morgan fingerprint density at radius 2 is 1.73 bits per heavy atom. The number of methoxy groups -OCH3 is 1. The van der Waals surface area contributed by atoms with Gasteiger partial charge in [0.2, 0.25) is 0 Å². The third-order valence-electron chi connectivity index (χ3n) is 3.89. The molecule has 3 rings (SSSR count). The van der Waals surface area contributed by atoms with E-state index in [0.717, 1.165) is 22.5 Å². The van der Waals surface area contributed by atoms with Crippen molar-refractivity contribution in [3.8, 4) is 16.9 Å². The number of hydrogen-bond donors (Lipinski definition) is 2. The van der Waals surface area contributed by atoms with Crippen LogP contribution in [0.25, 0.3) is 16.9 Å². The Morgan fingerprint density at radius 3 is 2.42 bits per heavy atom. The van der Waals surface area contributed by atoms with Crippen LogP contribution in [0.3, 0.4) is 0 Å². The van der Waals surface area contributed by atoms with Gasteiger partial charge >= 0.3 is 0 Å². The average Bonchev–Trinajstić information content (AvgIpc) is 3.12. The molecule has 0 saturated carbocycles. The minimum absolute atomic E-state index is 0.593. The van der Waals surface area contributed by atoms with Gasteiger partial charge in [0.25, 0.3) is 0 Å². The molecule has 0 aliphatic carbocycles. The van der Waals surface area contributed by atoms with E-state index < -0.39 is 0 Å². The van der Waals surface area contributed by atoms with Crippen LogP contribution in [-0.2, 0) is 11.3 Å². The molecular formula is C20H22N4OS. The molecule has 0 amide bonds. The molecule has 2 aromatic carbocycles. The summed E-state index contributed by atoms with van der Waals surface area (Å²) in [6.07, 6.45) is 2.04. The molecule has 0 spiro atoms. The van der Waals surface area contributed by atoms with Crippen molar-refractivity contribution < 1.29 is 4.74 Å². The Kier molecular flexibility index (Phi) is 6.35. The molecule has 0 aliphatic heterocycles. The van der Waals surface area contributed by atoms with Crippen molar-refractivity contribution in [2.45, 2.75) is 6.54 Å². The smallest absolute Gasteiger partial charge is 0.166 e. The molecule has 134 valence electrons. The van der Waals surface area contributed by atoms with Crippen molar-refractivity contribution in [1.29, 1.82) is 0 Å². The molecule has 2 N–H and O–H groups in total. The quantitative estimate of drug-likeness (QED) is 0.497. The number of thiocarbonyl (C=S) groups is 1. The van der Waals surface area contributed by atoms with Crippen LogP contribution in [0, 0.1) is 0 Å². The van der Waals surface area contributed by atoms with Gasteiger partial charge in [-0.25, -0.2) is 4.68 Å². The number of nitrogens with one attached hydrogen (secondary N) is 2. The van der Waals surface area contributed by atoms with Crippen LogP contribution in [0.2, 0.25) is 0 Å². The predicted octanol–water partition coefficient (Wildman–Crippen LogP) is 3.15. The first-order chi connectivity index (χ1) is 12.8. The van der Waals surface area contributed by atoms with Gasteiger partial charge in [0.05, 0.1) is 18.0 Å². The highest BCUT2D eigenvalue weighted by Crippen LogP contribution is 2.23. The average molecular weight is 366 g/mol. The first-order valence-electron chi connectivity index (χ1n) is 8.48. The maximum atomic E-state index is 5.32. The van der Waals surface area contributed by atoms with Crippen LogP contribution in [0.5, 0.6) is 0 Å². The van der Waals surface area contributed by atoms with Crippen LogP contribution in [0.1, 0.15) is 5.56 Å². The highest BCUT2D eigenvalue weighted by atomic mass is 32.1. The third kappa shape index (κ3) is 4.68. The maximum Gasteiger partial charge on any atom is 0.166 e. The summed E-state index contributed by atoms with van der Waals surface area (Å²) in [5.74, 6) is 0. The lowest BCUT2D eigenvalue weighted by atomic mass is 10.1. The Hall–Kier alpha value is -2.70. The van der Waals surface area contributed by atoms with Crippen LogP contribution in [0.4, 0.5) is 0 Å². The molecule has 0 fully saturated rings. The fourth-order valence-electron chi connectivity index (χ4n) is 2.60. The van der Waals surface area contributed by atoms with Gasteiger partial charge in [-0.05, 0) is 24.4 Å². The van der Waals surface area contributed by atoms with Crippen LogP contribution >= 0.6 is 12.2 Å². The molecule has 0 unspecified atom stereocenters. The Labute approximate surface area is 159 Å². The van der Waals surface area contributed by atoms with Crippen LogP contribution in [0.15, 0.2) is 66.9 Å². The van der Waals surface area contributed by atoms with Crippen molar-refractivity contribution in [1.82, 2.24) is 20.4 Å². The molecule has 0 atom stereocenters. The lowest BCUT2D eigenvalue weighted by Gasteiger charge is -2.10. The Morgan fingerprint density at radius 1 is 1.04 bits per heavy atom. The zero-order valence-electron chi connectivity index (χ0n) is 14.7. The van der Waals surface area contributed by atoms with Crippen molar-refractivity contribution >= 4 is 17.3 Å². The van der Waals surface area contributed by atoms with E-state index in [-0.39, 0.29) is 0 Å². The van der Waals surface area contributed by atoms with Gasteiger partial charge in [-0.3, -0.25) is 0 Å². The number of benzene rings is 2. The van der Waals surface area contributed by atoms with E-state index in [2.05, 4.69) is 22.8 Å². The topological polar surface area (TPSA) is 51.1 Å². The van der Waals surface area contributed by atoms with E-state index in [1.807, 2.05) is 59.4 Å². The molecule has 0 saturated heterocycles. The second-order valence-electron chi connectivity index (χ2n) is 5.75. The number of para-hydroxylation sites is 1. The van der Waals surface area contributed by atoms with Crippen LogP contribution in [-0.4, -0.2) is 35.2 Å². The van der Waals surface area contributed by atoms with Crippen molar-refractivity contribution in [3.05, 3.63) is 72.4 Å². The molecule has 5 nitrogen and oxygen atoms in total. The summed E-state index contributed by atoms with van der Waals surface area (Å²) in [6, 6.07) is 20.3. The molecule has 1 heterocycles. The summed E-state index contributed by atoms with van der Waals surface area (Å²) < 4.78 is 6.92. The van der Waals surface area contributed by atoms with Crippen molar-refractivity contribution in [2.24, 2.45) is 0 Å². The summed E-state index contributed by atoms with van der Waals surface area (Å²) in [5, 5.41) is 11.8. The number of ether oxygens (including phenoxy) is 1. The summed E-state index contributed by atoms with van der Waals surface area (Å²) in [6.45, 7) is 1.88. The fourth-order valence-corrected chi connectivity index (χ4v) is 2.77. The predicted molar refractivity (Wildman–Crippen MR) is 108 cm³/mol. The second kappa shape index (κ2) is 9.12. The summed E-state index contributed by atoms with van der Waals surface area (Å²) in [4.78, 5) is 0. The summed E-state index contributed by atoms with van der Waals surface area (Å²) >= 11 is 5.32. The Balaban J connectivity index is 1.81. The van der Waals surface area contributed by atoms with Crippen molar-refractivity contribution in [2.75, 3.05) is 20.3 Å². The van der Waals surface area contributed by atoms with Gasteiger partial charge in [0, 0.05) is 37.5 Å². The minimum atomic E-state index is 0.593. The number of hydrogen-bond acceptors (Lipinski definition) is 3. The van der Waals surface area contributed by atoms with E-state index in [1.54, 1.807) is 7.11 Å². The van der Waals surface area contributed by atoms with Crippen molar-refractivity contribution in [3.63, 3.8) is 0 Å². The van der Waals surface area contributed by atoms with E-state index >= 15 is 0 Å². The van der Waals surface area contributed by atoms with E-state index in [0.29, 0.717) is 24.8 Å². The summed E-state index contributed by atoms with van der Waals surface area (Å²) in [5.41, 5.74) is 4.13. The Bertz CT molecular complexity index is 834. The van der Waals surface area contributed by atoms with Gasteiger partial charge in [0.1, 0.15) is 0 Å². The van der Waals surface area contributed by atoms with Crippen LogP contribution < -0.4 is 10.6 Å². The summed E-state index contributed by atoms with van der Waals surface area (Å²) in [7, 11) is 1.67. The minimum Gasteiger partial charge on any atom is -0.383 e. The first-order valence-corrected chi connectivity index (χ1v) is 8.89. The van der Waals surface area contributed by atoms with Gasteiger partial charge in [0.15, 0.2) is 5.11 Å². The third-order valence-corrected chi connectivity index (χ3v) is 4.18. The lowest BCUT2D eigenvalue weighted by molar-refractivity contribution is 0.204. The maximum absolute atomic E-state index is 5.32. The lowest BCUT2D eigenvalue weighted by Crippen LogP contribution is -2.36. The monoisotopic (exact) mass is 366 g/mol. The van der Waals surface area contributed by atoms with E-state index in [9.17, 15) is 0 Å². The molecule has 0 aliphatic rings. The number of aromatic nitrogens is 2. The highest BCUT2D eigenvalue weighted by Gasteiger charge is 2.12. The standard InChI is InChI=1S/C20H22N4OS/c1-25-13-12-21-20(26)22-14-17-15-24(18-10-6-3-7-11-18)23-19(17)16-8-4-2-5-9-16/h2-11,15H,12-14H2,1H3,(H2,21,22,26). The molecule has 6 heteroatoms.